The number of hydrogen-bond donors (Lipinski definition) is 5. The number of aromatic nitrogens is 4. The molecule has 1 unspecified atom stereocenters. The lowest BCUT2D eigenvalue weighted by Gasteiger charge is -2.16. The van der Waals surface area contributed by atoms with E-state index < -0.39 is 31.1 Å². The van der Waals surface area contributed by atoms with Gasteiger partial charge in [-0.1, -0.05) is 0 Å². The molecule has 12 heteroatoms. The van der Waals surface area contributed by atoms with Crippen molar-refractivity contribution >= 4 is 17.0 Å². The molecule has 0 radical (unpaired) electrons. The molecular formula is C19H23N5O7. The van der Waals surface area contributed by atoms with Crippen LogP contribution in [-0.4, -0.2) is 79.1 Å². The van der Waals surface area contributed by atoms with Crippen LogP contribution in [0.25, 0.3) is 11.2 Å². The number of hydrogen-bond acceptors (Lipinski definition) is 11. The van der Waals surface area contributed by atoms with E-state index in [1.807, 2.05) is 0 Å². The predicted molar refractivity (Wildman–Crippen MR) is 107 cm³/mol. The Hall–Kier alpha value is -3.19. The van der Waals surface area contributed by atoms with Gasteiger partial charge in [0.05, 0.1) is 27.2 Å². The summed E-state index contributed by atoms with van der Waals surface area (Å²) in [6.45, 7) is -0.109. The molecule has 4 atom stereocenters. The summed E-state index contributed by atoms with van der Waals surface area (Å²) in [4.78, 5) is 12.8. The van der Waals surface area contributed by atoms with Crippen LogP contribution in [0.5, 0.6) is 17.2 Å². The van der Waals surface area contributed by atoms with Crippen LogP contribution in [0.3, 0.4) is 0 Å². The number of ether oxygens (including phenoxy) is 3. The van der Waals surface area contributed by atoms with Gasteiger partial charge in [-0.2, -0.15) is 0 Å². The van der Waals surface area contributed by atoms with Gasteiger partial charge in [0, 0.05) is 6.54 Å². The fourth-order valence-corrected chi connectivity index (χ4v) is 3.51. The molecule has 1 aliphatic rings. The third-order valence-corrected chi connectivity index (χ3v) is 5.15. The van der Waals surface area contributed by atoms with E-state index in [0.29, 0.717) is 23.5 Å². The lowest BCUT2D eigenvalue weighted by molar-refractivity contribution is -0.0511. The minimum atomic E-state index is -1.25. The molecule has 1 fully saturated rings. The summed E-state index contributed by atoms with van der Waals surface area (Å²) in [6, 6.07) is 3.34. The molecule has 0 saturated carbocycles. The number of nitrogens with one attached hydrogen (secondary N) is 1. The van der Waals surface area contributed by atoms with Gasteiger partial charge in [-0.15, -0.1) is 0 Å². The molecule has 3 aromatic rings. The first-order chi connectivity index (χ1) is 15.0. The van der Waals surface area contributed by atoms with E-state index in [1.165, 1.54) is 31.4 Å². The maximum Gasteiger partial charge on any atom is 0.200 e. The van der Waals surface area contributed by atoms with Crippen molar-refractivity contribution in [3.8, 4) is 17.2 Å². The molecule has 5 N–H and O–H groups in total. The molecule has 1 saturated heterocycles. The number of imidazole rings is 1. The number of fused-ring (bicyclic) bond motifs is 1. The van der Waals surface area contributed by atoms with Crippen molar-refractivity contribution in [3.05, 3.63) is 30.4 Å². The Bertz CT molecular complexity index is 1050. The second-order valence-corrected chi connectivity index (χ2v) is 6.98. The van der Waals surface area contributed by atoms with E-state index in [4.69, 9.17) is 14.2 Å². The van der Waals surface area contributed by atoms with Gasteiger partial charge in [-0.05, 0) is 17.7 Å². The van der Waals surface area contributed by atoms with Crippen LogP contribution in [0.2, 0.25) is 0 Å². The van der Waals surface area contributed by atoms with Crippen LogP contribution in [0.1, 0.15) is 11.8 Å². The smallest absolute Gasteiger partial charge is 0.200 e. The van der Waals surface area contributed by atoms with Gasteiger partial charge in [0.1, 0.15) is 24.6 Å². The Balaban J connectivity index is 1.60. The highest BCUT2D eigenvalue weighted by Gasteiger charge is 2.44. The topological polar surface area (TPSA) is 164 Å². The van der Waals surface area contributed by atoms with Crippen LogP contribution in [0.15, 0.2) is 24.8 Å². The van der Waals surface area contributed by atoms with Crippen LogP contribution in [-0.2, 0) is 11.3 Å². The minimum Gasteiger partial charge on any atom is -0.502 e. The second-order valence-electron chi connectivity index (χ2n) is 6.98. The highest BCUT2D eigenvalue weighted by Crippen LogP contribution is 2.37. The zero-order valence-electron chi connectivity index (χ0n) is 16.8. The maximum absolute atomic E-state index is 10.3. The molecular weight excluding hydrogens is 410 g/mol. The van der Waals surface area contributed by atoms with Gasteiger partial charge in [0.15, 0.2) is 34.7 Å². The molecule has 12 nitrogen and oxygen atoms in total. The quantitative estimate of drug-likeness (QED) is 0.334. The van der Waals surface area contributed by atoms with Gasteiger partial charge in [-0.3, -0.25) is 4.57 Å². The van der Waals surface area contributed by atoms with Gasteiger partial charge >= 0.3 is 0 Å². The van der Waals surface area contributed by atoms with Crippen LogP contribution in [0.4, 0.5) is 5.82 Å². The third-order valence-electron chi connectivity index (χ3n) is 5.15. The summed E-state index contributed by atoms with van der Waals surface area (Å²) in [5, 5.41) is 42.8. The molecule has 1 aliphatic heterocycles. The Labute approximate surface area is 176 Å². The highest BCUT2D eigenvalue weighted by molar-refractivity contribution is 5.82. The summed E-state index contributed by atoms with van der Waals surface area (Å²) >= 11 is 0. The number of anilines is 1. The Kier molecular flexibility index (Phi) is 5.78. The number of nitrogens with zero attached hydrogens (tertiary/aromatic N) is 4. The predicted octanol–water partition coefficient (Wildman–Crippen LogP) is -0.227. The molecule has 0 aliphatic carbocycles. The average Bonchev–Trinajstić information content (AvgIpc) is 3.34. The van der Waals surface area contributed by atoms with Crippen molar-refractivity contribution in [1.82, 2.24) is 19.5 Å². The second kappa shape index (κ2) is 8.51. The molecule has 31 heavy (non-hydrogen) atoms. The number of aliphatic hydroxyl groups excluding tert-OH is 3. The first-order valence-corrected chi connectivity index (χ1v) is 9.46. The molecule has 4 rings (SSSR count). The number of phenolic OH excluding ortho intramolecular Hbond substituents is 1. The van der Waals surface area contributed by atoms with Crippen molar-refractivity contribution in [1.29, 1.82) is 0 Å². The van der Waals surface area contributed by atoms with E-state index >= 15 is 0 Å². The van der Waals surface area contributed by atoms with E-state index in [2.05, 4.69) is 20.3 Å². The summed E-state index contributed by atoms with van der Waals surface area (Å²) in [5.74, 6) is 0.896. The normalized spacial score (nSPS) is 23.3. The summed E-state index contributed by atoms with van der Waals surface area (Å²) in [6.07, 6.45) is -1.58. The third kappa shape index (κ3) is 3.70. The molecule has 0 amide bonds. The fraction of sp³-hybridized carbons (Fsp3) is 0.421. The fourth-order valence-electron chi connectivity index (χ4n) is 3.51. The summed E-state index contributed by atoms with van der Waals surface area (Å²) in [7, 11) is 2.90. The SMILES string of the molecule is COc1cc(CNc2ncnc3c2ncn3C2O[C@H](CO)[C@@H](O)[C@H]2O)cc(OC)c1O. The zero-order chi connectivity index (χ0) is 22.1. The highest BCUT2D eigenvalue weighted by atomic mass is 16.6. The van der Waals surface area contributed by atoms with Crippen molar-refractivity contribution < 1.29 is 34.6 Å². The van der Waals surface area contributed by atoms with Crippen molar-refractivity contribution in [2.45, 2.75) is 31.1 Å². The van der Waals surface area contributed by atoms with Crippen molar-refractivity contribution in [2.75, 3.05) is 26.1 Å². The molecule has 166 valence electrons. The number of aliphatic hydroxyl groups is 3. The standard InChI is InChI=1S/C19H23N5O7/c1-29-10-3-9(4-11(30-2)14(10)26)5-20-17-13-18(22-7-21-17)24(8-23-13)19-16(28)15(27)12(6-25)31-19/h3-4,7-8,12,15-16,19,25-28H,5-6H2,1-2H3,(H,20,21,22)/t12-,15-,16-,19?/m1/s1. The number of methoxy groups -OCH3 is 2. The molecule has 0 spiro atoms. The Morgan fingerprint density at radius 1 is 1.10 bits per heavy atom. The van der Waals surface area contributed by atoms with Gasteiger partial charge < -0.3 is 40.0 Å². The number of rotatable bonds is 7. The molecule has 0 bridgehead atoms. The first kappa shape index (κ1) is 21.1. The lowest BCUT2D eigenvalue weighted by atomic mass is 10.1. The van der Waals surface area contributed by atoms with Gasteiger partial charge in [0.2, 0.25) is 5.75 Å². The van der Waals surface area contributed by atoms with E-state index in [1.54, 1.807) is 12.1 Å². The van der Waals surface area contributed by atoms with Crippen molar-refractivity contribution in [2.24, 2.45) is 0 Å². The zero-order valence-corrected chi connectivity index (χ0v) is 16.8. The molecule has 2 aromatic heterocycles. The largest absolute Gasteiger partial charge is 0.502 e. The van der Waals surface area contributed by atoms with E-state index in [0.717, 1.165) is 5.56 Å². The average molecular weight is 433 g/mol. The monoisotopic (exact) mass is 433 g/mol. The van der Waals surface area contributed by atoms with Gasteiger partial charge in [0.25, 0.3) is 0 Å². The number of aromatic hydroxyl groups is 1. The lowest BCUT2D eigenvalue weighted by Crippen LogP contribution is -2.33. The van der Waals surface area contributed by atoms with E-state index in [9.17, 15) is 20.4 Å². The summed E-state index contributed by atoms with van der Waals surface area (Å²) in [5.41, 5.74) is 1.58. The Morgan fingerprint density at radius 2 is 1.81 bits per heavy atom. The maximum atomic E-state index is 10.3. The van der Waals surface area contributed by atoms with Crippen LogP contribution in [0, 0.1) is 0 Å². The van der Waals surface area contributed by atoms with Crippen LogP contribution < -0.4 is 14.8 Å². The number of phenols is 1. The first-order valence-electron chi connectivity index (χ1n) is 9.46. The minimum absolute atomic E-state index is 0.0876. The Morgan fingerprint density at radius 3 is 2.42 bits per heavy atom. The molecule has 1 aromatic carbocycles. The van der Waals surface area contributed by atoms with Gasteiger partial charge in [-0.25, -0.2) is 15.0 Å². The number of benzene rings is 1. The van der Waals surface area contributed by atoms with E-state index in [-0.39, 0.29) is 17.2 Å². The van der Waals surface area contributed by atoms with Crippen LogP contribution >= 0.6 is 0 Å². The van der Waals surface area contributed by atoms with Crippen molar-refractivity contribution in [3.63, 3.8) is 0 Å². The molecule has 3 heterocycles. The summed E-state index contributed by atoms with van der Waals surface area (Å²) < 4.78 is 17.4.